The lowest BCUT2D eigenvalue weighted by Gasteiger charge is -2.32. The third-order valence-corrected chi connectivity index (χ3v) is 5.21. The molecule has 0 saturated heterocycles. The number of hydrogen-bond donors (Lipinski definition) is 0. The summed E-state index contributed by atoms with van der Waals surface area (Å²) in [7, 11) is 0. The molecule has 0 aliphatic heterocycles. The topological polar surface area (TPSA) is 59.2 Å². The maximum absolute atomic E-state index is 12.7. The molecule has 1 aromatic heterocycles. The minimum Gasteiger partial charge on any atom is -0.416 e. The molecule has 1 heterocycles. The van der Waals surface area contributed by atoms with Gasteiger partial charge in [0.15, 0.2) is 0 Å². The molecule has 5 nitrogen and oxygen atoms in total. The molecular weight excluding hydrogens is 346 g/mol. The summed E-state index contributed by atoms with van der Waals surface area (Å²) in [5.74, 6) is 0.997. The average molecular weight is 376 g/mol. The van der Waals surface area contributed by atoms with E-state index >= 15 is 0 Å². The van der Waals surface area contributed by atoms with Crippen molar-refractivity contribution in [3.63, 3.8) is 0 Å². The van der Waals surface area contributed by atoms with Gasteiger partial charge in [0, 0.05) is 18.5 Å². The van der Waals surface area contributed by atoms with E-state index in [2.05, 4.69) is 29.3 Å². The van der Waals surface area contributed by atoms with Gasteiger partial charge in [0.05, 0.1) is 5.25 Å². The Bertz CT molecular complexity index is 692. The second kappa shape index (κ2) is 9.21. The normalized spacial score (nSPS) is 13.8. The molecule has 0 bridgehead atoms. The standard InChI is InChI=1S/C20H29N3O2S/c1-13(2)23(14(3)4)19(24)16(6)26-20-22-21-18(25-20)12-15(5)17-10-8-7-9-11-17/h7-11,13-16H,12H2,1-6H3. The lowest BCUT2D eigenvalue weighted by atomic mass is 9.98. The highest BCUT2D eigenvalue weighted by Gasteiger charge is 2.27. The van der Waals surface area contributed by atoms with Gasteiger partial charge in [-0.3, -0.25) is 4.79 Å². The van der Waals surface area contributed by atoms with Crippen molar-refractivity contribution in [1.29, 1.82) is 0 Å². The summed E-state index contributed by atoms with van der Waals surface area (Å²) in [5.41, 5.74) is 1.24. The van der Waals surface area contributed by atoms with E-state index in [4.69, 9.17) is 4.42 Å². The van der Waals surface area contributed by atoms with E-state index in [-0.39, 0.29) is 23.2 Å². The monoisotopic (exact) mass is 375 g/mol. The lowest BCUT2D eigenvalue weighted by molar-refractivity contribution is -0.133. The maximum atomic E-state index is 12.7. The van der Waals surface area contributed by atoms with E-state index in [1.54, 1.807) is 0 Å². The molecule has 6 heteroatoms. The predicted octanol–water partition coefficient (Wildman–Crippen LogP) is 4.54. The molecule has 2 rings (SSSR count). The van der Waals surface area contributed by atoms with Crippen molar-refractivity contribution in [3.8, 4) is 0 Å². The highest BCUT2D eigenvalue weighted by Crippen LogP contribution is 2.26. The Hall–Kier alpha value is -1.82. The number of rotatable bonds is 8. The van der Waals surface area contributed by atoms with Crippen LogP contribution in [0.5, 0.6) is 0 Å². The molecule has 26 heavy (non-hydrogen) atoms. The summed E-state index contributed by atoms with van der Waals surface area (Å²) in [6.07, 6.45) is 0.685. The zero-order valence-electron chi connectivity index (χ0n) is 16.5. The SMILES string of the molecule is CC(Sc1nnc(CC(C)c2ccccc2)o1)C(=O)N(C(C)C)C(C)C. The molecule has 2 unspecified atom stereocenters. The fraction of sp³-hybridized carbons (Fsp3) is 0.550. The quantitative estimate of drug-likeness (QED) is 0.634. The minimum absolute atomic E-state index is 0.0948. The number of benzene rings is 1. The molecule has 142 valence electrons. The number of nitrogens with zero attached hydrogens (tertiary/aromatic N) is 3. The minimum atomic E-state index is -0.264. The summed E-state index contributed by atoms with van der Waals surface area (Å²) in [6, 6.07) is 10.6. The zero-order valence-corrected chi connectivity index (χ0v) is 17.3. The molecule has 0 N–H and O–H groups in total. The Labute approximate surface area is 160 Å². The molecule has 2 atom stereocenters. The first-order valence-electron chi connectivity index (χ1n) is 9.15. The molecule has 0 aliphatic carbocycles. The van der Waals surface area contributed by atoms with Crippen LogP contribution in [-0.2, 0) is 11.2 Å². The first-order chi connectivity index (χ1) is 12.3. The summed E-state index contributed by atoms with van der Waals surface area (Å²) in [4.78, 5) is 14.6. The van der Waals surface area contributed by atoms with Crippen LogP contribution >= 0.6 is 11.8 Å². The van der Waals surface area contributed by atoms with Crippen LogP contribution in [0.1, 0.15) is 58.9 Å². The van der Waals surface area contributed by atoms with Crippen LogP contribution in [0.4, 0.5) is 0 Å². The summed E-state index contributed by atoms with van der Waals surface area (Å²) in [5, 5.41) is 8.44. The van der Waals surface area contributed by atoms with Gasteiger partial charge in [-0.15, -0.1) is 10.2 Å². The van der Waals surface area contributed by atoms with Gasteiger partial charge in [0.1, 0.15) is 0 Å². The lowest BCUT2D eigenvalue weighted by Crippen LogP contribution is -2.45. The number of hydrogen-bond acceptors (Lipinski definition) is 5. The summed E-state index contributed by atoms with van der Waals surface area (Å²) >= 11 is 1.33. The van der Waals surface area contributed by atoms with Crippen LogP contribution < -0.4 is 0 Å². The van der Waals surface area contributed by atoms with Gasteiger partial charge >= 0.3 is 0 Å². The Balaban J connectivity index is 1.98. The molecule has 1 amide bonds. The Morgan fingerprint density at radius 1 is 1.04 bits per heavy atom. The Morgan fingerprint density at radius 3 is 2.23 bits per heavy atom. The van der Waals surface area contributed by atoms with Crippen LogP contribution in [-0.4, -0.2) is 38.3 Å². The first-order valence-corrected chi connectivity index (χ1v) is 10.0. The molecule has 0 saturated carbocycles. The largest absolute Gasteiger partial charge is 0.416 e. The third-order valence-electron chi connectivity index (χ3n) is 4.29. The number of amides is 1. The van der Waals surface area contributed by atoms with Crippen molar-refractivity contribution < 1.29 is 9.21 Å². The van der Waals surface area contributed by atoms with E-state index in [1.807, 2.05) is 57.7 Å². The van der Waals surface area contributed by atoms with E-state index < -0.39 is 0 Å². The molecule has 0 fully saturated rings. The van der Waals surface area contributed by atoms with Crippen LogP contribution in [0.3, 0.4) is 0 Å². The van der Waals surface area contributed by atoms with Crippen molar-refractivity contribution in [2.24, 2.45) is 0 Å². The molecule has 2 aromatic rings. The van der Waals surface area contributed by atoms with Gasteiger partial charge in [-0.05, 0) is 46.1 Å². The second-order valence-corrected chi connectivity index (χ2v) is 8.46. The van der Waals surface area contributed by atoms with Crippen molar-refractivity contribution in [2.45, 2.75) is 76.4 Å². The van der Waals surface area contributed by atoms with Gasteiger partial charge in [-0.2, -0.15) is 0 Å². The molecule has 0 radical (unpaired) electrons. The fourth-order valence-corrected chi connectivity index (χ4v) is 3.80. The summed E-state index contributed by atoms with van der Waals surface area (Å²) < 4.78 is 5.77. The van der Waals surface area contributed by atoms with Gasteiger partial charge in [-0.25, -0.2) is 0 Å². The maximum Gasteiger partial charge on any atom is 0.277 e. The van der Waals surface area contributed by atoms with Gasteiger partial charge < -0.3 is 9.32 Å². The van der Waals surface area contributed by atoms with Crippen LogP contribution in [0.15, 0.2) is 40.0 Å². The van der Waals surface area contributed by atoms with Gasteiger partial charge in [-0.1, -0.05) is 49.0 Å². The van der Waals surface area contributed by atoms with Crippen molar-refractivity contribution >= 4 is 17.7 Å². The second-order valence-electron chi connectivity index (χ2n) is 7.17. The Kier molecular flexibility index (Phi) is 7.26. The van der Waals surface area contributed by atoms with Gasteiger partial charge in [0.25, 0.3) is 5.22 Å². The zero-order chi connectivity index (χ0) is 19.3. The number of carbonyl (C=O) groups excluding carboxylic acids is 1. The van der Waals surface area contributed by atoms with Gasteiger partial charge in [0.2, 0.25) is 11.8 Å². The van der Waals surface area contributed by atoms with E-state index in [0.717, 1.165) is 0 Å². The molecule has 0 aliphatic rings. The van der Waals surface area contributed by atoms with E-state index in [0.29, 0.717) is 23.5 Å². The molecule has 0 spiro atoms. The average Bonchev–Trinajstić information content (AvgIpc) is 3.01. The molecular formula is C20H29N3O2S. The smallest absolute Gasteiger partial charge is 0.277 e. The first kappa shape index (κ1) is 20.5. The van der Waals surface area contributed by atoms with Crippen LogP contribution in [0.25, 0.3) is 0 Å². The van der Waals surface area contributed by atoms with Crippen molar-refractivity contribution in [2.75, 3.05) is 0 Å². The molecule has 1 aromatic carbocycles. The summed E-state index contributed by atoms with van der Waals surface area (Å²) in [6.45, 7) is 12.2. The fourth-order valence-electron chi connectivity index (χ4n) is 3.05. The highest BCUT2D eigenvalue weighted by molar-refractivity contribution is 8.00. The number of carbonyl (C=O) groups is 1. The van der Waals surface area contributed by atoms with Crippen LogP contribution in [0, 0.1) is 0 Å². The number of thioether (sulfide) groups is 1. The Morgan fingerprint density at radius 2 is 1.65 bits per heavy atom. The highest BCUT2D eigenvalue weighted by atomic mass is 32.2. The van der Waals surface area contributed by atoms with Crippen molar-refractivity contribution in [3.05, 3.63) is 41.8 Å². The predicted molar refractivity (Wildman–Crippen MR) is 105 cm³/mol. The van der Waals surface area contributed by atoms with E-state index in [9.17, 15) is 4.79 Å². The van der Waals surface area contributed by atoms with Crippen molar-refractivity contribution in [1.82, 2.24) is 15.1 Å². The van der Waals surface area contributed by atoms with Crippen LogP contribution in [0.2, 0.25) is 0 Å². The third kappa shape index (κ3) is 5.34. The number of aromatic nitrogens is 2. The van der Waals surface area contributed by atoms with E-state index in [1.165, 1.54) is 17.3 Å².